The highest BCUT2D eigenvalue weighted by atomic mass is 31.2. The number of carbonyl (C=O) groups is 2. The van der Waals surface area contributed by atoms with Gasteiger partial charge in [-0.1, -0.05) is 5.09 Å². The van der Waals surface area contributed by atoms with Gasteiger partial charge in [-0.15, -0.1) is 4.52 Å². The summed E-state index contributed by atoms with van der Waals surface area (Å²) in [5, 5.41) is 4.90. The molecule has 2 rings (SSSR count). The van der Waals surface area contributed by atoms with Crippen molar-refractivity contribution in [2.45, 2.75) is 96.9 Å². The van der Waals surface area contributed by atoms with Gasteiger partial charge < -0.3 is 23.6 Å². The molecule has 0 aromatic carbocycles. The maximum Gasteiger partial charge on any atom is 0.614 e. The molecule has 15 nitrogen and oxygen atoms in total. The Morgan fingerprint density at radius 1 is 1.18 bits per heavy atom. The average Bonchev–Trinajstić information content (AvgIpc) is 3.06. The lowest BCUT2D eigenvalue weighted by molar-refractivity contribution is -0.149. The SMILES string of the molecule is CC(C)OC(=O)[C@H](C)NP(O)OC[C@H]1O[C@@H](n2ccc(=O)[nH]c2=O)[C@](C)(F)[C@@H]1O[P+](=O)N[C@@H](C)C(=O)OC(C)C. The fraction of sp³-hybridized carbons (Fsp3) is 0.727. The first kappa shape index (κ1) is 34.0. The predicted molar refractivity (Wildman–Crippen MR) is 140 cm³/mol. The third-order valence-corrected chi connectivity index (χ3v) is 7.39. The number of aromatic amines is 1. The zero-order valence-electron chi connectivity index (χ0n) is 23.2. The van der Waals surface area contributed by atoms with Gasteiger partial charge in [0.2, 0.25) is 0 Å². The number of H-pyrrole nitrogens is 1. The molecule has 0 radical (unpaired) electrons. The molecular formula is C22H36FN4O11P2+. The average molecular weight is 613 g/mol. The van der Waals surface area contributed by atoms with Crippen LogP contribution in [0.4, 0.5) is 4.39 Å². The minimum Gasteiger partial charge on any atom is -0.462 e. The Hall–Kier alpha value is -2.16. The number of aromatic nitrogens is 2. The Balaban J connectivity index is 2.21. The first-order valence-corrected chi connectivity index (χ1v) is 14.8. The van der Waals surface area contributed by atoms with Gasteiger partial charge in [-0.3, -0.25) is 23.9 Å². The standard InChI is InChI=1S/C22H35FN4O11P2/c1-11(2)35-18(29)13(5)25-39(32)34-10-15-17(38-40(33)26-14(6)19(30)36-12(3)4)22(7,23)20(37-15)27-9-8-16(28)24-21(27)31/h8-9,11-15,17,20,25,32H,10H2,1-7H3,(H-,24,26,28,31,33)/p+1/t13-,14-,15+,17+,20+,22+,39?/m0/s1. The number of carbonyl (C=O) groups excluding carboxylic acids is 2. The minimum absolute atomic E-state index is 0.381. The van der Waals surface area contributed by atoms with Crippen molar-refractivity contribution in [2.75, 3.05) is 6.61 Å². The lowest BCUT2D eigenvalue weighted by Gasteiger charge is -2.24. The molecule has 2 unspecified atom stereocenters. The summed E-state index contributed by atoms with van der Waals surface area (Å²) in [7, 11) is -5.34. The smallest absolute Gasteiger partial charge is 0.462 e. The molecule has 0 amide bonds. The van der Waals surface area contributed by atoms with Crippen molar-refractivity contribution < 1.29 is 46.7 Å². The lowest BCUT2D eigenvalue weighted by Crippen LogP contribution is -2.45. The summed E-state index contributed by atoms with van der Waals surface area (Å²) < 4.78 is 56.3. The van der Waals surface area contributed by atoms with Crippen molar-refractivity contribution in [3.05, 3.63) is 33.1 Å². The second kappa shape index (κ2) is 14.6. The van der Waals surface area contributed by atoms with Crippen LogP contribution in [0.2, 0.25) is 0 Å². The van der Waals surface area contributed by atoms with Crippen LogP contribution in [0.1, 0.15) is 54.7 Å². The maximum absolute atomic E-state index is 16.2. The van der Waals surface area contributed by atoms with E-state index < -0.39 is 88.8 Å². The van der Waals surface area contributed by atoms with Crippen LogP contribution in [-0.4, -0.2) is 75.2 Å². The van der Waals surface area contributed by atoms with E-state index in [1.807, 2.05) is 4.98 Å². The van der Waals surface area contributed by atoms with E-state index in [2.05, 4.69) is 10.2 Å². The summed E-state index contributed by atoms with van der Waals surface area (Å²) in [6.07, 6.45) is -4.47. The summed E-state index contributed by atoms with van der Waals surface area (Å²) in [6.45, 7) is 9.90. The molecule has 0 saturated carbocycles. The fourth-order valence-corrected chi connectivity index (χ4v) is 5.36. The molecule has 4 N–H and O–H groups in total. The van der Waals surface area contributed by atoms with Crippen molar-refractivity contribution in [3.8, 4) is 0 Å². The first-order valence-electron chi connectivity index (χ1n) is 12.4. The highest BCUT2D eigenvalue weighted by molar-refractivity contribution is 7.43. The molecule has 226 valence electrons. The van der Waals surface area contributed by atoms with E-state index in [1.54, 1.807) is 27.7 Å². The van der Waals surface area contributed by atoms with Crippen molar-refractivity contribution in [1.82, 2.24) is 19.7 Å². The maximum atomic E-state index is 16.2. The van der Waals surface area contributed by atoms with E-state index in [0.29, 0.717) is 0 Å². The van der Waals surface area contributed by atoms with Gasteiger partial charge >= 0.3 is 25.8 Å². The molecule has 18 heteroatoms. The fourth-order valence-electron chi connectivity index (χ4n) is 3.53. The molecule has 0 aliphatic carbocycles. The third-order valence-electron chi connectivity index (χ3n) is 5.37. The van der Waals surface area contributed by atoms with E-state index >= 15 is 4.39 Å². The number of esters is 2. The minimum atomic E-state index is -2.89. The number of hydrogen-bond acceptors (Lipinski definition) is 12. The van der Waals surface area contributed by atoms with Crippen LogP contribution in [0, 0.1) is 0 Å². The summed E-state index contributed by atoms with van der Waals surface area (Å²) in [5.41, 5.74) is -4.23. The number of nitrogens with one attached hydrogen (secondary N) is 3. The van der Waals surface area contributed by atoms with Crippen molar-refractivity contribution in [2.24, 2.45) is 0 Å². The molecular weight excluding hydrogens is 577 g/mol. The van der Waals surface area contributed by atoms with Gasteiger partial charge in [-0.2, -0.15) is 0 Å². The Kier molecular flexibility index (Phi) is 12.5. The molecule has 1 aliphatic rings. The summed E-state index contributed by atoms with van der Waals surface area (Å²) in [5.74, 6) is -1.35. The van der Waals surface area contributed by atoms with Crippen LogP contribution in [0.3, 0.4) is 0 Å². The molecule has 1 aliphatic heterocycles. The van der Waals surface area contributed by atoms with Gasteiger partial charge in [0.15, 0.2) is 18.0 Å². The van der Waals surface area contributed by atoms with Gasteiger partial charge in [-0.05, 0) is 53.0 Å². The van der Waals surface area contributed by atoms with E-state index in [9.17, 15) is 28.6 Å². The van der Waals surface area contributed by atoms with Gasteiger partial charge in [0.05, 0.1) is 18.8 Å². The number of nitrogens with zero attached hydrogens (tertiary/aromatic N) is 1. The van der Waals surface area contributed by atoms with Crippen LogP contribution in [0.5, 0.6) is 0 Å². The van der Waals surface area contributed by atoms with Crippen molar-refractivity contribution >= 4 is 28.6 Å². The van der Waals surface area contributed by atoms with Crippen LogP contribution in [-0.2, 0) is 37.4 Å². The van der Waals surface area contributed by atoms with Crippen molar-refractivity contribution in [3.63, 3.8) is 0 Å². The Labute approximate surface area is 231 Å². The molecule has 40 heavy (non-hydrogen) atoms. The summed E-state index contributed by atoms with van der Waals surface area (Å²) in [6, 6.07) is -1.04. The number of rotatable bonds is 14. The molecule has 2 heterocycles. The quantitative estimate of drug-likeness (QED) is 0.173. The Bertz CT molecular complexity index is 1160. The van der Waals surface area contributed by atoms with Gasteiger partial charge in [-0.25, -0.2) is 14.3 Å². The predicted octanol–water partition coefficient (Wildman–Crippen LogP) is 1.30. The molecule has 1 fully saturated rings. The molecule has 8 atom stereocenters. The van der Waals surface area contributed by atoms with Crippen LogP contribution in [0.25, 0.3) is 0 Å². The summed E-state index contributed by atoms with van der Waals surface area (Å²) in [4.78, 5) is 60.2. The normalized spacial score (nSPS) is 25.5. The number of ether oxygens (including phenoxy) is 3. The molecule has 1 aromatic heterocycles. The zero-order valence-corrected chi connectivity index (χ0v) is 24.9. The number of alkyl halides is 1. The number of hydrogen-bond donors (Lipinski definition) is 4. The third kappa shape index (κ3) is 9.45. The Morgan fingerprint density at radius 3 is 2.30 bits per heavy atom. The van der Waals surface area contributed by atoms with Gasteiger partial charge in [0.1, 0.15) is 18.2 Å². The Morgan fingerprint density at radius 2 is 1.75 bits per heavy atom. The second-order valence-corrected chi connectivity index (χ2v) is 11.8. The van der Waals surface area contributed by atoms with E-state index in [4.69, 9.17) is 23.3 Å². The molecule has 0 bridgehead atoms. The van der Waals surface area contributed by atoms with Gasteiger partial charge in [0, 0.05) is 12.3 Å². The van der Waals surface area contributed by atoms with E-state index in [-0.39, 0.29) is 6.10 Å². The van der Waals surface area contributed by atoms with Crippen LogP contribution >= 0.6 is 16.7 Å². The topological polar surface area (TPSA) is 197 Å². The molecule has 1 saturated heterocycles. The largest absolute Gasteiger partial charge is 0.614 e. The van der Waals surface area contributed by atoms with E-state index in [1.165, 1.54) is 13.8 Å². The monoisotopic (exact) mass is 613 g/mol. The molecule has 0 spiro atoms. The van der Waals surface area contributed by atoms with Crippen molar-refractivity contribution in [1.29, 1.82) is 0 Å². The molecule has 1 aromatic rings. The van der Waals surface area contributed by atoms with E-state index in [0.717, 1.165) is 23.8 Å². The highest BCUT2D eigenvalue weighted by Gasteiger charge is 2.60. The second-order valence-electron chi connectivity index (χ2n) is 9.72. The van der Waals surface area contributed by atoms with Gasteiger partial charge in [0.25, 0.3) is 14.1 Å². The summed E-state index contributed by atoms with van der Waals surface area (Å²) >= 11 is 0. The number of halogens is 1. The lowest BCUT2D eigenvalue weighted by atomic mass is 9.98. The first-order chi connectivity index (χ1) is 18.5. The highest BCUT2D eigenvalue weighted by Crippen LogP contribution is 2.46. The zero-order chi connectivity index (χ0) is 30.4. The van der Waals surface area contributed by atoms with Crippen LogP contribution in [0.15, 0.2) is 21.9 Å². The van der Waals surface area contributed by atoms with Crippen LogP contribution < -0.4 is 21.4 Å².